The molecule has 5 nitrogen and oxygen atoms in total. The summed E-state index contributed by atoms with van der Waals surface area (Å²) in [6.45, 7) is 3.38. The van der Waals surface area contributed by atoms with E-state index in [0.29, 0.717) is 34.7 Å². The average Bonchev–Trinajstić information content (AvgIpc) is 2.69. The number of nitrogens with zero attached hydrogens (tertiary/aromatic N) is 2. The summed E-state index contributed by atoms with van der Waals surface area (Å²) in [6.07, 6.45) is 1.02. The molecule has 0 amide bonds. The Bertz CT molecular complexity index is 958. The summed E-state index contributed by atoms with van der Waals surface area (Å²) in [7, 11) is 0. The summed E-state index contributed by atoms with van der Waals surface area (Å²) < 4.78 is 0. The number of halogens is 3. The topological polar surface area (TPSA) is 69.5 Å². The van der Waals surface area contributed by atoms with Crippen LogP contribution in [0.2, 0.25) is 10.0 Å². The molecule has 0 aliphatic carbocycles. The molecule has 29 heavy (non-hydrogen) atoms. The highest BCUT2D eigenvalue weighted by molar-refractivity contribution is 14.0. The lowest BCUT2D eigenvalue weighted by molar-refractivity contribution is 0.181. The maximum absolute atomic E-state index is 10.4. The number of guanidine groups is 1. The number of pyridine rings is 1. The first kappa shape index (κ1) is 23.7. The molecule has 154 valence electrons. The molecule has 0 aliphatic heterocycles. The third-order valence-electron chi connectivity index (χ3n) is 4.22. The molecule has 1 heterocycles. The van der Waals surface area contributed by atoms with Crippen LogP contribution >= 0.6 is 47.2 Å². The van der Waals surface area contributed by atoms with Crippen molar-refractivity contribution in [1.82, 2.24) is 15.6 Å². The van der Waals surface area contributed by atoms with Crippen molar-refractivity contribution in [3.63, 3.8) is 0 Å². The van der Waals surface area contributed by atoms with Crippen molar-refractivity contribution >= 4 is 63.9 Å². The van der Waals surface area contributed by atoms with Gasteiger partial charge in [0.05, 0.1) is 18.3 Å². The van der Waals surface area contributed by atoms with Gasteiger partial charge in [-0.3, -0.25) is 4.98 Å². The Hall–Kier alpha value is -1.61. The van der Waals surface area contributed by atoms with Crippen LogP contribution < -0.4 is 10.6 Å². The van der Waals surface area contributed by atoms with Gasteiger partial charge in [-0.2, -0.15) is 0 Å². The fourth-order valence-corrected chi connectivity index (χ4v) is 3.43. The number of aliphatic imine (C=N–C) groups is 1. The Morgan fingerprint density at radius 1 is 1.10 bits per heavy atom. The molecule has 3 N–H and O–H groups in total. The van der Waals surface area contributed by atoms with Gasteiger partial charge in [0.15, 0.2) is 5.96 Å². The zero-order valence-corrected chi connectivity index (χ0v) is 19.7. The molecule has 1 atom stereocenters. The number of aromatic nitrogens is 1. The molecule has 0 bridgehead atoms. The smallest absolute Gasteiger partial charge is 0.191 e. The van der Waals surface area contributed by atoms with Gasteiger partial charge in [0, 0.05) is 34.7 Å². The molecule has 0 saturated heterocycles. The zero-order chi connectivity index (χ0) is 19.9. The van der Waals surface area contributed by atoms with E-state index < -0.39 is 6.10 Å². The summed E-state index contributed by atoms with van der Waals surface area (Å²) in [5.74, 6) is 0.601. The number of aliphatic hydroxyl groups excluding tert-OH is 1. The molecule has 1 unspecified atom stereocenters. The highest BCUT2D eigenvalue weighted by Gasteiger charge is 2.11. The van der Waals surface area contributed by atoms with E-state index in [2.05, 4.69) is 26.7 Å². The van der Waals surface area contributed by atoms with Crippen molar-refractivity contribution in [2.24, 2.45) is 4.99 Å². The molecule has 2 aromatic carbocycles. The van der Waals surface area contributed by atoms with Crippen LogP contribution in [0, 0.1) is 0 Å². The van der Waals surface area contributed by atoms with Crippen LogP contribution in [0.4, 0.5) is 0 Å². The molecule has 8 heteroatoms. The molecule has 3 rings (SSSR count). The monoisotopic (exact) mass is 544 g/mol. The van der Waals surface area contributed by atoms with Gasteiger partial charge in [-0.05, 0) is 42.1 Å². The summed E-state index contributed by atoms with van der Waals surface area (Å²) in [6, 6.07) is 15.1. The van der Waals surface area contributed by atoms with Crippen molar-refractivity contribution < 1.29 is 5.11 Å². The van der Waals surface area contributed by atoms with E-state index in [9.17, 15) is 5.11 Å². The SMILES string of the molecule is CCNC(=NCc1nccc2ccccc12)NCC(O)c1cc(Cl)cc(Cl)c1.I. The predicted molar refractivity (Wildman–Crippen MR) is 131 cm³/mol. The normalized spacial score (nSPS) is 12.3. The van der Waals surface area contributed by atoms with Crippen molar-refractivity contribution in [3.05, 3.63) is 76.0 Å². The minimum absolute atomic E-state index is 0. The van der Waals surface area contributed by atoms with Gasteiger partial charge in [-0.1, -0.05) is 47.5 Å². The van der Waals surface area contributed by atoms with Gasteiger partial charge in [-0.25, -0.2) is 4.99 Å². The van der Waals surface area contributed by atoms with Crippen LogP contribution in [-0.4, -0.2) is 29.1 Å². The van der Waals surface area contributed by atoms with Crippen molar-refractivity contribution in [3.8, 4) is 0 Å². The van der Waals surface area contributed by atoms with Crippen LogP contribution in [0.1, 0.15) is 24.3 Å². The van der Waals surface area contributed by atoms with Crippen LogP contribution in [0.5, 0.6) is 0 Å². The minimum atomic E-state index is -0.768. The van der Waals surface area contributed by atoms with Gasteiger partial charge in [0.1, 0.15) is 0 Å². The first-order valence-corrected chi connectivity index (χ1v) is 9.81. The van der Waals surface area contributed by atoms with Gasteiger partial charge in [0.25, 0.3) is 0 Å². The van der Waals surface area contributed by atoms with Crippen molar-refractivity contribution in [2.75, 3.05) is 13.1 Å². The maximum atomic E-state index is 10.4. The second-order valence-corrected chi connectivity index (χ2v) is 7.15. The molecule has 1 aromatic heterocycles. The van der Waals surface area contributed by atoms with E-state index in [1.165, 1.54) is 0 Å². The lowest BCUT2D eigenvalue weighted by Crippen LogP contribution is -2.39. The predicted octanol–water partition coefficient (Wildman–Crippen LogP) is 4.95. The molecular weight excluding hydrogens is 522 g/mol. The van der Waals surface area contributed by atoms with E-state index in [-0.39, 0.29) is 30.5 Å². The van der Waals surface area contributed by atoms with E-state index in [4.69, 9.17) is 23.2 Å². The number of nitrogens with one attached hydrogen (secondary N) is 2. The first-order valence-electron chi connectivity index (χ1n) is 9.05. The number of fused-ring (bicyclic) bond motifs is 1. The Balaban J connectivity index is 0.00000300. The van der Waals surface area contributed by atoms with E-state index in [1.807, 2.05) is 31.2 Å². The van der Waals surface area contributed by atoms with Crippen LogP contribution in [0.15, 0.2) is 59.7 Å². The fourth-order valence-electron chi connectivity index (χ4n) is 2.88. The highest BCUT2D eigenvalue weighted by Crippen LogP contribution is 2.23. The number of hydrogen-bond acceptors (Lipinski definition) is 3. The van der Waals surface area contributed by atoms with Gasteiger partial charge >= 0.3 is 0 Å². The molecule has 0 radical (unpaired) electrons. The third kappa shape index (κ3) is 6.70. The second kappa shape index (κ2) is 11.5. The Labute approximate surface area is 197 Å². The maximum Gasteiger partial charge on any atom is 0.191 e. The molecule has 0 spiro atoms. The molecule has 0 fully saturated rings. The molecule has 3 aromatic rings. The standard InChI is InChI=1S/C21H22Cl2N4O.HI/c1-2-24-21(27-13-20(28)15-9-16(22)11-17(23)10-15)26-12-19-18-6-4-3-5-14(18)7-8-25-19;/h3-11,20,28H,2,12-13H2,1H3,(H2,24,26,27);1H. The largest absolute Gasteiger partial charge is 0.387 e. The summed E-state index contributed by atoms with van der Waals surface area (Å²) in [5, 5.41) is 20.0. The number of rotatable bonds is 6. The third-order valence-corrected chi connectivity index (χ3v) is 4.66. The van der Waals surface area contributed by atoms with E-state index in [1.54, 1.807) is 24.4 Å². The van der Waals surface area contributed by atoms with Crippen molar-refractivity contribution in [2.45, 2.75) is 19.6 Å². The second-order valence-electron chi connectivity index (χ2n) is 6.27. The quantitative estimate of drug-likeness (QED) is 0.233. The lowest BCUT2D eigenvalue weighted by atomic mass is 10.1. The Morgan fingerprint density at radius 2 is 1.83 bits per heavy atom. The minimum Gasteiger partial charge on any atom is -0.387 e. The molecule has 0 saturated carbocycles. The van der Waals surface area contributed by atoms with Gasteiger partial charge < -0.3 is 15.7 Å². The Morgan fingerprint density at radius 3 is 2.55 bits per heavy atom. The van der Waals surface area contributed by atoms with E-state index >= 15 is 0 Å². The summed E-state index contributed by atoms with van der Waals surface area (Å²) in [5.41, 5.74) is 1.55. The van der Waals surface area contributed by atoms with Crippen molar-refractivity contribution in [1.29, 1.82) is 0 Å². The Kier molecular flexibility index (Phi) is 9.42. The summed E-state index contributed by atoms with van der Waals surface area (Å²) >= 11 is 12.0. The van der Waals surface area contributed by atoms with E-state index in [0.717, 1.165) is 16.5 Å². The summed E-state index contributed by atoms with van der Waals surface area (Å²) in [4.78, 5) is 9.06. The highest BCUT2D eigenvalue weighted by atomic mass is 127. The number of aliphatic hydroxyl groups is 1. The average molecular weight is 545 g/mol. The lowest BCUT2D eigenvalue weighted by Gasteiger charge is -2.16. The van der Waals surface area contributed by atoms with Crippen LogP contribution in [0.3, 0.4) is 0 Å². The molecular formula is C21H23Cl2IN4O. The van der Waals surface area contributed by atoms with Gasteiger partial charge in [-0.15, -0.1) is 24.0 Å². The first-order chi connectivity index (χ1) is 13.6. The number of hydrogen-bond donors (Lipinski definition) is 3. The van der Waals surface area contributed by atoms with Crippen LogP contribution in [0.25, 0.3) is 10.8 Å². The fraction of sp³-hybridized carbons (Fsp3) is 0.238. The molecule has 0 aliphatic rings. The van der Waals surface area contributed by atoms with Crippen LogP contribution in [-0.2, 0) is 6.54 Å². The number of benzene rings is 2. The van der Waals surface area contributed by atoms with Gasteiger partial charge in [0.2, 0.25) is 0 Å². The zero-order valence-electron chi connectivity index (χ0n) is 15.9.